The molecule has 9 N–H and O–H groups in total. The summed E-state index contributed by atoms with van der Waals surface area (Å²) in [6.45, 7) is 1.62. The van der Waals surface area contributed by atoms with Gasteiger partial charge < -0.3 is 52.0 Å². The van der Waals surface area contributed by atoms with E-state index in [1.807, 2.05) is 42.5 Å². The van der Waals surface area contributed by atoms with Crippen molar-refractivity contribution in [3.63, 3.8) is 0 Å². The number of aromatic nitrogens is 1. The van der Waals surface area contributed by atoms with Crippen LogP contribution in [0.25, 0.3) is 10.9 Å². The predicted octanol–water partition coefficient (Wildman–Crippen LogP) is 1.78. The lowest BCUT2D eigenvalue weighted by atomic mass is 10.0. The summed E-state index contributed by atoms with van der Waals surface area (Å²) in [5.74, 6) is -4.64. The van der Waals surface area contributed by atoms with Crippen molar-refractivity contribution in [1.82, 2.24) is 41.8 Å². The number of urea groups is 1. The maximum Gasteiger partial charge on any atom is 0.326 e. The number of H-pyrrole nitrogens is 1. The number of carbonyl (C=O) groups is 7. The average Bonchev–Trinajstić information content (AvgIpc) is 3.70. The van der Waals surface area contributed by atoms with Crippen molar-refractivity contribution in [2.45, 2.75) is 94.5 Å². The van der Waals surface area contributed by atoms with E-state index in [4.69, 9.17) is 0 Å². The second-order valence-corrected chi connectivity index (χ2v) is 17.7. The molecule has 7 amide bonds. The largest absolute Gasteiger partial charge is 0.508 e. The molecule has 1 saturated heterocycles. The van der Waals surface area contributed by atoms with Gasteiger partial charge in [0.1, 0.15) is 42.0 Å². The van der Waals surface area contributed by atoms with Gasteiger partial charge in [-0.15, -0.1) is 0 Å². The van der Waals surface area contributed by atoms with Gasteiger partial charge in [0, 0.05) is 66.3 Å². The number of aryl methyl sites for hydroxylation is 1. The van der Waals surface area contributed by atoms with E-state index >= 15 is 0 Å². The van der Waals surface area contributed by atoms with Crippen LogP contribution in [0.2, 0.25) is 0 Å². The van der Waals surface area contributed by atoms with Crippen molar-refractivity contribution in [1.29, 1.82) is 0 Å². The van der Waals surface area contributed by atoms with E-state index in [0.29, 0.717) is 12.0 Å². The smallest absolute Gasteiger partial charge is 0.326 e. The number of phenolic OH excluding ortho intramolecular Hbond substituents is 1. The summed E-state index contributed by atoms with van der Waals surface area (Å²) >= 11 is 0. The SMILES string of the molecule is CC1C(=O)NC(Cc2ccccc2)C(=O)NCCCCC(NC(=O)NC(Cc2c[nH]c3ccccc23)C(=O)O)C(=O)NC(CCS(C)=O)C(=O)NC(CCc2ccc(O)cc2)C(=O)N1C. The normalized spacial score (nSPS) is 21.6. The topological polar surface area (TPSA) is 268 Å². The van der Waals surface area contributed by atoms with E-state index in [2.05, 4.69) is 36.9 Å². The average molecular weight is 915 g/mol. The minimum Gasteiger partial charge on any atom is -0.508 e. The Kier molecular flexibility index (Phi) is 18.0. The lowest BCUT2D eigenvalue weighted by Gasteiger charge is -2.31. The van der Waals surface area contributed by atoms with E-state index in [9.17, 15) is 48.0 Å². The molecule has 1 fully saturated rings. The quantitative estimate of drug-likeness (QED) is 0.0939. The van der Waals surface area contributed by atoms with Gasteiger partial charge in [-0.05, 0) is 80.3 Å². The number of hydrogen-bond acceptors (Lipinski definition) is 9. The maximum atomic E-state index is 14.3. The van der Waals surface area contributed by atoms with Gasteiger partial charge in [0.05, 0.1) is 0 Å². The fourth-order valence-corrected chi connectivity index (χ4v) is 8.02. The molecule has 65 heavy (non-hydrogen) atoms. The summed E-state index contributed by atoms with van der Waals surface area (Å²) in [7, 11) is -0.00714. The highest BCUT2D eigenvalue weighted by molar-refractivity contribution is 7.84. The summed E-state index contributed by atoms with van der Waals surface area (Å²) in [6, 6.07) is 14.2. The molecule has 0 spiro atoms. The number of rotatable bonds is 13. The van der Waals surface area contributed by atoms with Crippen molar-refractivity contribution in [2.75, 3.05) is 25.6 Å². The number of aromatic amines is 1. The Labute approximate surface area is 379 Å². The minimum atomic E-state index is -1.41. The Morgan fingerprint density at radius 3 is 2.20 bits per heavy atom. The highest BCUT2D eigenvalue weighted by atomic mass is 32.2. The second kappa shape index (κ2) is 23.8. The van der Waals surface area contributed by atoms with E-state index in [-0.39, 0.29) is 63.0 Å². The zero-order chi connectivity index (χ0) is 47.0. The summed E-state index contributed by atoms with van der Waals surface area (Å²) in [6.07, 6.45) is 3.88. The van der Waals surface area contributed by atoms with Crippen molar-refractivity contribution in [3.8, 4) is 5.75 Å². The molecular formula is C46H58N8O10S. The van der Waals surface area contributed by atoms with Crippen LogP contribution in [-0.4, -0.2) is 128 Å². The van der Waals surface area contributed by atoms with Gasteiger partial charge in [-0.3, -0.25) is 28.2 Å². The molecule has 18 nitrogen and oxygen atoms in total. The lowest BCUT2D eigenvalue weighted by molar-refractivity contribution is -0.142. The van der Waals surface area contributed by atoms with Gasteiger partial charge in [0.2, 0.25) is 29.5 Å². The number of benzene rings is 3. The first-order chi connectivity index (χ1) is 31.1. The Morgan fingerprint density at radius 2 is 1.49 bits per heavy atom. The first-order valence-electron chi connectivity index (χ1n) is 21.5. The Morgan fingerprint density at radius 1 is 0.815 bits per heavy atom. The number of carboxylic acids is 1. The first kappa shape index (κ1) is 49.3. The number of fused-ring (bicyclic) bond motifs is 1. The number of carbonyl (C=O) groups excluding carboxylic acids is 6. The predicted molar refractivity (Wildman–Crippen MR) is 244 cm³/mol. The van der Waals surface area contributed by atoms with Crippen LogP contribution in [0.3, 0.4) is 0 Å². The highest BCUT2D eigenvalue weighted by Gasteiger charge is 2.35. The maximum absolute atomic E-state index is 14.3. The van der Waals surface area contributed by atoms with Gasteiger partial charge in [-0.2, -0.15) is 0 Å². The number of carboxylic acid groups (broad SMARTS) is 1. The van der Waals surface area contributed by atoms with E-state index < -0.39 is 88.6 Å². The number of para-hydroxylation sites is 1. The second-order valence-electron chi connectivity index (χ2n) is 16.2. The number of likely N-dealkylation sites (N-methyl/N-ethyl adjacent to an activating group) is 1. The van der Waals surface area contributed by atoms with Gasteiger partial charge in [-0.1, -0.05) is 60.7 Å². The van der Waals surface area contributed by atoms with Crippen LogP contribution >= 0.6 is 0 Å². The van der Waals surface area contributed by atoms with Crippen molar-refractivity contribution in [2.24, 2.45) is 0 Å². The van der Waals surface area contributed by atoms with Gasteiger partial charge >= 0.3 is 12.0 Å². The van der Waals surface area contributed by atoms with Gasteiger partial charge in [-0.25, -0.2) is 9.59 Å². The van der Waals surface area contributed by atoms with E-state index in [0.717, 1.165) is 22.0 Å². The number of nitrogens with zero attached hydrogens (tertiary/aromatic N) is 1. The van der Waals surface area contributed by atoms with Crippen LogP contribution in [0.15, 0.2) is 85.1 Å². The third-order valence-electron chi connectivity index (χ3n) is 11.4. The summed E-state index contributed by atoms with van der Waals surface area (Å²) in [5, 5.41) is 36.8. The van der Waals surface area contributed by atoms with Crippen molar-refractivity contribution >= 4 is 63.2 Å². The molecule has 4 aromatic rings. The van der Waals surface area contributed by atoms with Crippen LogP contribution in [0, 0.1) is 0 Å². The molecule has 0 aliphatic carbocycles. The molecule has 19 heteroatoms. The lowest BCUT2D eigenvalue weighted by Crippen LogP contribution is -2.59. The summed E-state index contributed by atoms with van der Waals surface area (Å²) < 4.78 is 12.3. The number of phenols is 1. The number of hydrogen-bond donors (Lipinski definition) is 9. The molecule has 2 heterocycles. The first-order valence-corrected chi connectivity index (χ1v) is 23.2. The molecule has 1 aromatic heterocycles. The monoisotopic (exact) mass is 914 g/mol. The Balaban J connectivity index is 1.43. The van der Waals surface area contributed by atoms with E-state index in [1.165, 1.54) is 37.3 Å². The highest BCUT2D eigenvalue weighted by Crippen LogP contribution is 2.20. The van der Waals surface area contributed by atoms with Gasteiger partial charge in [0.15, 0.2) is 0 Å². The summed E-state index contributed by atoms with van der Waals surface area (Å²) in [4.78, 5) is 100. The van der Waals surface area contributed by atoms with Crippen molar-refractivity contribution < 1.29 is 48.0 Å². The van der Waals surface area contributed by atoms with Crippen LogP contribution in [0.1, 0.15) is 55.7 Å². The van der Waals surface area contributed by atoms with Crippen molar-refractivity contribution in [3.05, 3.63) is 102 Å². The Bertz CT molecular complexity index is 2320. The molecule has 1 aliphatic heterocycles. The zero-order valence-electron chi connectivity index (χ0n) is 36.6. The number of nitrogens with one attached hydrogen (secondary N) is 7. The van der Waals surface area contributed by atoms with E-state index in [1.54, 1.807) is 30.5 Å². The fourth-order valence-electron chi connectivity index (χ4n) is 7.45. The molecule has 5 rings (SSSR count). The molecule has 0 radical (unpaired) electrons. The Hall–Kier alpha value is -6.76. The molecule has 348 valence electrons. The number of amides is 7. The molecule has 0 bridgehead atoms. The third kappa shape index (κ3) is 14.6. The van der Waals surface area contributed by atoms with Crippen LogP contribution < -0.4 is 31.9 Å². The van der Waals surface area contributed by atoms with Crippen LogP contribution in [-0.2, 0) is 58.8 Å². The zero-order valence-corrected chi connectivity index (χ0v) is 37.5. The summed E-state index contributed by atoms with van der Waals surface area (Å²) in [5.41, 5.74) is 2.93. The van der Waals surface area contributed by atoms with Gasteiger partial charge in [0.25, 0.3) is 0 Å². The molecule has 0 saturated carbocycles. The molecular weight excluding hydrogens is 857 g/mol. The fraction of sp³-hybridized carbons (Fsp3) is 0.413. The molecule has 7 unspecified atom stereocenters. The standard InChI is InChI=1S/C46H58N8O10S/c1-28-40(56)51-38(25-30-11-5-4-6-12-30)41(57)47-23-10-9-15-35(52-46(63)53-39(45(61)62)26-31-27-48-34-14-8-7-13-33(31)34)42(58)49-36(22-24-65(3)64)43(59)50-37(44(60)54(28)2)21-18-29-16-19-32(55)20-17-29/h4-8,11-14,16-17,19-20,27-28,35-39,48,55H,9-10,15,18,21-26H2,1-3H3,(H,47,57)(H,49,58)(H,50,59)(H,51,56)(H,61,62)(H2,52,53,63). The molecule has 1 aliphatic rings. The molecule has 3 aromatic carbocycles. The third-order valence-corrected chi connectivity index (χ3v) is 12.2. The van der Waals surface area contributed by atoms with Crippen LogP contribution in [0.4, 0.5) is 4.79 Å². The number of aliphatic carboxylic acids is 1. The van der Waals surface area contributed by atoms with Crippen LogP contribution in [0.5, 0.6) is 5.75 Å². The minimum absolute atomic E-state index is 0.0103. The number of aromatic hydroxyl groups is 1. The molecule has 7 atom stereocenters.